The molecule has 0 unspecified atom stereocenters. The summed E-state index contributed by atoms with van der Waals surface area (Å²) in [5, 5.41) is 4.72. The molecule has 54 heavy (non-hydrogen) atoms. The smallest absolute Gasteiger partial charge is 0.220 e. The zero-order valence-corrected chi connectivity index (χ0v) is 28.9. The highest BCUT2D eigenvalue weighted by molar-refractivity contribution is 6.10. The molecule has 0 aliphatic rings. The van der Waals surface area contributed by atoms with Crippen LogP contribution >= 0.6 is 0 Å². The first-order valence-electron chi connectivity index (χ1n) is 18.1. The molecule has 0 aliphatic carbocycles. The van der Waals surface area contributed by atoms with E-state index in [1.807, 2.05) is 6.07 Å². The average Bonchev–Trinajstić information content (AvgIpc) is 3.96. The summed E-state index contributed by atoms with van der Waals surface area (Å²) in [5.41, 5.74) is 10.4. The number of aromatic nitrogens is 7. The third-order valence-corrected chi connectivity index (χ3v) is 10.8. The normalized spacial score (nSPS) is 12.1. The minimum absolute atomic E-state index is 0.619. The van der Waals surface area contributed by atoms with Crippen molar-refractivity contribution in [3.8, 4) is 28.7 Å². The van der Waals surface area contributed by atoms with Gasteiger partial charge in [0.25, 0.3) is 0 Å². The Kier molecular flexibility index (Phi) is 5.93. The molecule has 5 heterocycles. The van der Waals surface area contributed by atoms with E-state index in [-0.39, 0.29) is 0 Å². The van der Waals surface area contributed by atoms with E-state index in [9.17, 15) is 0 Å². The van der Waals surface area contributed by atoms with Crippen LogP contribution in [-0.2, 0) is 0 Å². The fourth-order valence-corrected chi connectivity index (χ4v) is 8.56. The number of fused-ring (bicyclic) bond motifs is 11. The van der Waals surface area contributed by atoms with Gasteiger partial charge in [0.1, 0.15) is 11.6 Å². The maximum Gasteiger partial charge on any atom is 0.220 e. The first-order valence-corrected chi connectivity index (χ1v) is 18.1. The van der Waals surface area contributed by atoms with Crippen molar-refractivity contribution in [3.63, 3.8) is 0 Å². The molecule has 0 aliphatic heterocycles. The molecule has 12 rings (SSSR count). The van der Waals surface area contributed by atoms with Crippen molar-refractivity contribution >= 4 is 71.5 Å². The lowest BCUT2D eigenvalue weighted by Gasteiger charge is -2.16. The molecule has 12 aromatic rings. The molecular weight excluding hydrogens is 663 g/mol. The molecule has 0 radical (unpaired) electrons. The van der Waals surface area contributed by atoms with Crippen molar-refractivity contribution in [2.24, 2.45) is 0 Å². The molecule has 0 spiro atoms. The summed E-state index contributed by atoms with van der Waals surface area (Å²) in [6.45, 7) is 0. The standard InChI is InChI=1S/C47H29N7/c1-7-21-36-30(15-1)31-16-2-8-22-37(31)51(36)44-29-45(52-38-23-9-3-17-32(38)33-18-4-10-24-39(33)52)50-46(49-44)34-19-5-11-25-40(34)53-42-27-13-14-28-43(42)54-41-26-12-6-20-35(41)48-47(53)54/h1-29H. The number of hydrogen-bond acceptors (Lipinski definition) is 3. The van der Waals surface area contributed by atoms with Gasteiger partial charge in [0, 0.05) is 33.2 Å². The Balaban J connectivity index is 1.21. The highest BCUT2D eigenvalue weighted by atomic mass is 15.2. The minimum Gasteiger partial charge on any atom is -0.294 e. The minimum atomic E-state index is 0.619. The van der Waals surface area contributed by atoms with Gasteiger partial charge in [0.05, 0.1) is 49.8 Å². The Bertz CT molecular complexity index is 3230. The Morgan fingerprint density at radius 3 is 1.31 bits per heavy atom. The topological polar surface area (TPSA) is 57.9 Å². The molecule has 0 saturated carbocycles. The number of hydrogen-bond donors (Lipinski definition) is 0. The summed E-state index contributed by atoms with van der Waals surface area (Å²) in [5.74, 6) is 3.04. The highest BCUT2D eigenvalue weighted by Crippen LogP contribution is 2.38. The zero-order valence-electron chi connectivity index (χ0n) is 28.9. The van der Waals surface area contributed by atoms with E-state index >= 15 is 0 Å². The van der Waals surface area contributed by atoms with E-state index in [0.29, 0.717) is 5.82 Å². The Morgan fingerprint density at radius 2 is 0.759 bits per heavy atom. The van der Waals surface area contributed by atoms with Crippen LogP contribution in [0.15, 0.2) is 176 Å². The Labute approximate surface area is 308 Å². The molecule has 7 aromatic carbocycles. The summed E-state index contributed by atoms with van der Waals surface area (Å²) in [6, 6.07) is 61.6. The van der Waals surface area contributed by atoms with Gasteiger partial charge in [-0.15, -0.1) is 0 Å². The van der Waals surface area contributed by atoms with Crippen LogP contribution in [0.2, 0.25) is 0 Å². The molecule has 0 saturated heterocycles. The summed E-state index contributed by atoms with van der Waals surface area (Å²) in [7, 11) is 0. The fourth-order valence-electron chi connectivity index (χ4n) is 8.56. The van der Waals surface area contributed by atoms with Crippen molar-refractivity contribution in [2.45, 2.75) is 0 Å². The lowest BCUT2D eigenvalue weighted by atomic mass is 10.1. The van der Waals surface area contributed by atoms with Crippen molar-refractivity contribution in [1.82, 2.24) is 33.1 Å². The molecule has 7 heteroatoms. The van der Waals surface area contributed by atoms with Crippen molar-refractivity contribution in [1.29, 1.82) is 0 Å². The second-order valence-electron chi connectivity index (χ2n) is 13.7. The van der Waals surface area contributed by atoms with Crippen LogP contribution in [-0.4, -0.2) is 33.1 Å². The third-order valence-electron chi connectivity index (χ3n) is 10.8. The van der Waals surface area contributed by atoms with Gasteiger partial charge in [-0.25, -0.2) is 15.0 Å². The number of imidazole rings is 2. The molecule has 7 nitrogen and oxygen atoms in total. The molecule has 0 fully saturated rings. The number of rotatable bonds is 4. The van der Waals surface area contributed by atoms with Gasteiger partial charge in [0.15, 0.2) is 5.82 Å². The zero-order chi connectivity index (χ0) is 35.3. The lowest BCUT2D eigenvalue weighted by molar-refractivity contribution is 0.990. The van der Waals surface area contributed by atoms with Crippen molar-refractivity contribution < 1.29 is 0 Å². The van der Waals surface area contributed by atoms with Gasteiger partial charge < -0.3 is 0 Å². The summed E-state index contributed by atoms with van der Waals surface area (Å²) in [4.78, 5) is 16.2. The maximum absolute atomic E-state index is 5.49. The highest BCUT2D eigenvalue weighted by Gasteiger charge is 2.23. The first kappa shape index (κ1) is 29.1. The number of benzene rings is 7. The summed E-state index contributed by atoms with van der Waals surface area (Å²) in [6.07, 6.45) is 0. The number of nitrogens with zero attached hydrogens (tertiary/aromatic N) is 7. The van der Waals surface area contributed by atoms with Gasteiger partial charge in [-0.2, -0.15) is 0 Å². The van der Waals surface area contributed by atoms with Crippen LogP contribution in [0.4, 0.5) is 0 Å². The predicted molar refractivity (Wildman–Crippen MR) is 219 cm³/mol. The molecular formula is C47H29N7. The average molecular weight is 692 g/mol. The number of para-hydroxylation sites is 9. The van der Waals surface area contributed by atoms with E-state index in [1.54, 1.807) is 0 Å². The predicted octanol–water partition coefficient (Wildman–Crippen LogP) is 11.1. The van der Waals surface area contributed by atoms with E-state index in [1.165, 1.54) is 21.5 Å². The van der Waals surface area contributed by atoms with Crippen LogP contribution in [0.1, 0.15) is 0 Å². The van der Waals surface area contributed by atoms with E-state index in [0.717, 1.165) is 72.8 Å². The van der Waals surface area contributed by atoms with Crippen molar-refractivity contribution in [3.05, 3.63) is 176 Å². The second kappa shape index (κ2) is 11.0. The van der Waals surface area contributed by atoms with Crippen LogP contribution in [0.25, 0.3) is 100 Å². The third kappa shape index (κ3) is 3.98. The van der Waals surface area contributed by atoms with Crippen LogP contribution < -0.4 is 0 Å². The first-order chi connectivity index (χ1) is 26.8. The molecule has 0 N–H and O–H groups in total. The largest absolute Gasteiger partial charge is 0.294 e. The van der Waals surface area contributed by atoms with Crippen LogP contribution in [0, 0.1) is 0 Å². The molecule has 0 atom stereocenters. The molecule has 0 amide bonds. The van der Waals surface area contributed by atoms with Crippen LogP contribution in [0.3, 0.4) is 0 Å². The SMILES string of the molecule is c1ccc(-n2c3ccccc3n3c4ccccc4nc23)c(-c2nc(-n3c4ccccc4c4ccccc43)cc(-n3c4ccccc4c4ccccc43)n2)c1. The maximum atomic E-state index is 5.49. The molecule has 252 valence electrons. The lowest BCUT2D eigenvalue weighted by Crippen LogP contribution is -2.07. The fraction of sp³-hybridized carbons (Fsp3) is 0. The summed E-state index contributed by atoms with van der Waals surface area (Å²) < 4.78 is 9.06. The van der Waals surface area contributed by atoms with Gasteiger partial charge in [-0.05, 0) is 60.7 Å². The summed E-state index contributed by atoms with van der Waals surface area (Å²) >= 11 is 0. The van der Waals surface area contributed by atoms with Gasteiger partial charge >= 0.3 is 0 Å². The van der Waals surface area contributed by atoms with Crippen LogP contribution in [0.5, 0.6) is 0 Å². The quantitative estimate of drug-likeness (QED) is 0.185. The molecule has 0 bridgehead atoms. The second-order valence-corrected chi connectivity index (χ2v) is 13.7. The van der Waals surface area contributed by atoms with Gasteiger partial charge in [0.2, 0.25) is 5.78 Å². The van der Waals surface area contributed by atoms with Gasteiger partial charge in [-0.1, -0.05) is 109 Å². The molecule has 5 aromatic heterocycles. The van der Waals surface area contributed by atoms with E-state index in [4.69, 9.17) is 15.0 Å². The monoisotopic (exact) mass is 691 g/mol. The Morgan fingerprint density at radius 1 is 0.333 bits per heavy atom. The van der Waals surface area contributed by atoms with E-state index in [2.05, 4.69) is 188 Å². The van der Waals surface area contributed by atoms with E-state index < -0.39 is 0 Å². The van der Waals surface area contributed by atoms with Gasteiger partial charge in [-0.3, -0.25) is 18.1 Å². The Hall–Kier alpha value is -7.51. The van der Waals surface area contributed by atoms with Crippen molar-refractivity contribution in [2.75, 3.05) is 0 Å².